The second-order valence-electron chi connectivity index (χ2n) is 7.56. The molecule has 0 bridgehead atoms. The number of anilines is 1. The Morgan fingerprint density at radius 1 is 0.967 bits per heavy atom. The quantitative estimate of drug-likeness (QED) is 0.784. The third kappa shape index (κ3) is 4.64. The molecule has 158 valence electrons. The molecule has 1 N–H and O–H groups in total. The van der Waals surface area contributed by atoms with Crippen molar-refractivity contribution in [3.8, 4) is 0 Å². The molecular weight excluding hydrogens is 400 g/mol. The summed E-state index contributed by atoms with van der Waals surface area (Å²) in [6.07, 6.45) is 0.304. The summed E-state index contributed by atoms with van der Waals surface area (Å²) in [6.45, 7) is 3.61. The number of carbonyl (C=O) groups excluding carboxylic acids is 3. The number of thiophene rings is 1. The van der Waals surface area contributed by atoms with Crippen LogP contribution in [-0.4, -0.2) is 72.8 Å². The lowest BCUT2D eigenvalue weighted by molar-refractivity contribution is -0.146. The van der Waals surface area contributed by atoms with Gasteiger partial charge in [-0.05, 0) is 23.6 Å². The third-order valence-electron chi connectivity index (χ3n) is 5.68. The minimum Gasteiger partial charge on any atom is -0.368 e. The highest BCUT2D eigenvalue weighted by Gasteiger charge is 2.36. The Morgan fingerprint density at radius 2 is 1.73 bits per heavy atom. The van der Waals surface area contributed by atoms with Gasteiger partial charge in [-0.15, -0.1) is 11.3 Å². The molecule has 3 amide bonds. The smallest absolute Gasteiger partial charge is 0.243 e. The summed E-state index contributed by atoms with van der Waals surface area (Å²) in [5.74, 6) is -0.408. The van der Waals surface area contributed by atoms with Gasteiger partial charge in [-0.25, -0.2) is 0 Å². The first-order chi connectivity index (χ1) is 14.6. The first-order valence-corrected chi connectivity index (χ1v) is 11.2. The number of nitrogens with one attached hydrogen (secondary N) is 1. The van der Waals surface area contributed by atoms with Gasteiger partial charge in [0.15, 0.2) is 0 Å². The largest absolute Gasteiger partial charge is 0.368 e. The molecule has 0 aliphatic carbocycles. The lowest BCUT2D eigenvalue weighted by Crippen LogP contribution is -2.59. The molecule has 8 heteroatoms. The number of carbonyl (C=O) groups is 3. The van der Waals surface area contributed by atoms with E-state index in [1.54, 1.807) is 4.90 Å². The molecule has 4 rings (SSSR count). The van der Waals surface area contributed by atoms with Crippen LogP contribution in [0.15, 0.2) is 47.8 Å². The highest BCUT2D eigenvalue weighted by atomic mass is 32.1. The highest BCUT2D eigenvalue weighted by molar-refractivity contribution is 7.10. The molecule has 2 aliphatic rings. The zero-order chi connectivity index (χ0) is 20.9. The molecule has 2 aromatic rings. The minimum atomic E-state index is -0.731. The Hall–Kier alpha value is -2.87. The number of nitrogens with zero attached hydrogens (tertiary/aromatic N) is 3. The van der Waals surface area contributed by atoms with Gasteiger partial charge in [0.1, 0.15) is 6.04 Å². The number of amides is 3. The van der Waals surface area contributed by atoms with Crippen molar-refractivity contribution in [1.82, 2.24) is 15.1 Å². The van der Waals surface area contributed by atoms with E-state index in [9.17, 15) is 14.4 Å². The second kappa shape index (κ2) is 9.30. The first-order valence-electron chi connectivity index (χ1n) is 10.3. The molecule has 1 atom stereocenters. The van der Waals surface area contributed by atoms with Crippen molar-refractivity contribution in [2.24, 2.45) is 0 Å². The maximum Gasteiger partial charge on any atom is 0.243 e. The molecule has 2 fully saturated rings. The van der Waals surface area contributed by atoms with Crippen LogP contribution in [0.4, 0.5) is 5.69 Å². The van der Waals surface area contributed by atoms with E-state index in [2.05, 4.69) is 22.3 Å². The van der Waals surface area contributed by atoms with Gasteiger partial charge in [-0.2, -0.15) is 0 Å². The van der Waals surface area contributed by atoms with Gasteiger partial charge in [-0.1, -0.05) is 24.3 Å². The van der Waals surface area contributed by atoms with E-state index in [-0.39, 0.29) is 30.6 Å². The molecule has 7 nitrogen and oxygen atoms in total. The van der Waals surface area contributed by atoms with Crippen LogP contribution in [-0.2, 0) is 20.8 Å². The van der Waals surface area contributed by atoms with Crippen molar-refractivity contribution >= 4 is 34.7 Å². The molecule has 1 aromatic carbocycles. The third-order valence-corrected chi connectivity index (χ3v) is 6.55. The molecule has 3 heterocycles. The number of rotatable bonds is 5. The number of para-hydroxylation sites is 1. The van der Waals surface area contributed by atoms with Gasteiger partial charge in [0, 0.05) is 49.8 Å². The number of benzene rings is 1. The highest BCUT2D eigenvalue weighted by Crippen LogP contribution is 2.19. The number of piperazine rings is 2. The monoisotopic (exact) mass is 426 g/mol. The van der Waals surface area contributed by atoms with Crippen LogP contribution in [0.25, 0.3) is 0 Å². The topological polar surface area (TPSA) is 73.0 Å². The molecular formula is C22H26N4O3S. The van der Waals surface area contributed by atoms with Crippen LogP contribution < -0.4 is 10.2 Å². The molecule has 0 saturated carbocycles. The average molecular weight is 427 g/mol. The van der Waals surface area contributed by atoms with Crippen LogP contribution in [0, 0.1) is 0 Å². The normalized spacial score (nSPS) is 19.5. The number of hydrogen-bond acceptors (Lipinski definition) is 5. The zero-order valence-corrected chi connectivity index (χ0v) is 17.6. The van der Waals surface area contributed by atoms with E-state index in [1.807, 2.05) is 40.6 Å². The van der Waals surface area contributed by atoms with Crippen LogP contribution in [0.2, 0.25) is 0 Å². The van der Waals surface area contributed by atoms with Crippen LogP contribution in [0.3, 0.4) is 0 Å². The van der Waals surface area contributed by atoms with Crippen LogP contribution in [0.1, 0.15) is 11.3 Å². The molecule has 30 heavy (non-hydrogen) atoms. The summed E-state index contributed by atoms with van der Waals surface area (Å²) in [6, 6.07) is 13.2. The minimum absolute atomic E-state index is 0.0351. The molecule has 1 unspecified atom stereocenters. The van der Waals surface area contributed by atoms with E-state index in [4.69, 9.17) is 0 Å². The summed E-state index contributed by atoms with van der Waals surface area (Å²) < 4.78 is 0. The second-order valence-corrected chi connectivity index (χ2v) is 8.59. The van der Waals surface area contributed by atoms with E-state index < -0.39 is 6.04 Å². The predicted molar refractivity (Wildman–Crippen MR) is 116 cm³/mol. The van der Waals surface area contributed by atoms with Crippen LogP contribution in [0.5, 0.6) is 0 Å². The standard InChI is InChI=1S/C22H26N4O3S/c27-20(25-12-10-24(11-13-25)17-5-2-1-3-6-17)16-19-22(29)23-8-9-26(19)21(28)15-18-7-4-14-30-18/h1-7,14,19H,8-13,15-16H2,(H,23,29). The van der Waals surface area contributed by atoms with Gasteiger partial charge in [0.2, 0.25) is 17.7 Å². The lowest BCUT2D eigenvalue weighted by atomic mass is 10.1. The van der Waals surface area contributed by atoms with Crippen LogP contribution >= 0.6 is 11.3 Å². The van der Waals surface area contributed by atoms with E-state index >= 15 is 0 Å². The fourth-order valence-electron chi connectivity index (χ4n) is 4.03. The fraction of sp³-hybridized carbons (Fsp3) is 0.409. The Balaban J connectivity index is 1.35. The van der Waals surface area contributed by atoms with Crippen molar-refractivity contribution < 1.29 is 14.4 Å². The summed E-state index contributed by atoms with van der Waals surface area (Å²) in [4.78, 5) is 44.8. The molecule has 2 aliphatic heterocycles. The Bertz CT molecular complexity index is 879. The summed E-state index contributed by atoms with van der Waals surface area (Å²) in [5, 5.41) is 4.74. The molecule has 0 radical (unpaired) electrons. The molecule has 2 saturated heterocycles. The zero-order valence-electron chi connectivity index (χ0n) is 16.8. The van der Waals surface area contributed by atoms with E-state index in [0.29, 0.717) is 26.2 Å². The molecule has 1 aromatic heterocycles. The Morgan fingerprint density at radius 3 is 2.43 bits per heavy atom. The number of hydrogen-bond donors (Lipinski definition) is 1. The van der Waals surface area contributed by atoms with Crippen molar-refractivity contribution in [1.29, 1.82) is 0 Å². The van der Waals surface area contributed by atoms with Gasteiger partial charge < -0.3 is 20.0 Å². The van der Waals surface area contributed by atoms with Crippen molar-refractivity contribution in [3.05, 3.63) is 52.7 Å². The average Bonchev–Trinajstić information content (AvgIpc) is 3.29. The van der Waals surface area contributed by atoms with Crippen molar-refractivity contribution in [2.75, 3.05) is 44.2 Å². The first kappa shape index (κ1) is 20.4. The Labute approximate surface area is 180 Å². The predicted octanol–water partition coefficient (Wildman–Crippen LogP) is 1.36. The van der Waals surface area contributed by atoms with Gasteiger partial charge in [0.05, 0.1) is 12.8 Å². The Kier molecular flexibility index (Phi) is 6.32. The van der Waals surface area contributed by atoms with Gasteiger partial charge in [-0.3, -0.25) is 14.4 Å². The maximum atomic E-state index is 12.9. The van der Waals surface area contributed by atoms with Crippen molar-refractivity contribution in [2.45, 2.75) is 18.9 Å². The van der Waals surface area contributed by atoms with E-state index in [1.165, 1.54) is 11.3 Å². The van der Waals surface area contributed by atoms with Gasteiger partial charge >= 0.3 is 0 Å². The van der Waals surface area contributed by atoms with Crippen molar-refractivity contribution in [3.63, 3.8) is 0 Å². The lowest BCUT2D eigenvalue weighted by Gasteiger charge is -2.38. The fourth-order valence-corrected chi connectivity index (χ4v) is 4.72. The summed E-state index contributed by atoms with van der Waals surface area (Å²) >= 11 is 1.52. The summed E-state index contributed by atoms with van der Waals surface area (Å²) in [7, 11) is 0. The van der Waals surface area contributed by atoms with E-state index in [0.717, 1.165) is 23.7 Å². The SMILES string of the molecule is O=C1NCCN(C(=O)Cc2cccs2)C1CC(=O)N1CCN(c2ccccc2)CC1. The maximum absolute atomic E-state index is 12.9. The summed E-state index contributed by atoms with van der Waals surface area (Å²) in [5.41, 5.74) is 1.15. The molecule has 0 spiro atoms. The van der Waals surface area contributed by atoms with Gasteiger partial charge in [0.25, 0.3) is 0 Å².